The molecule has 0 amide bonds. The summed E-state index contributed by atoms with van der Waals surface area (Å²) < 4.78 is 0. The van der Waals surface area contributed by atoms with E-state index in [1.165, 1.54) is 32.4 Å². The molecular formula is C12H26N2. The van der Waals surface area contributed by atoms with Gasteiger partial charge in [0.15, 0.2) is 0 Å². The minimum absolute atomic E-state index is 0.746. The number of hydrogen-bond donors (Lipinski definition) is 1. The van der Waals surface area contributed by atoms with Crippen LogP contribution in [0.5, 0.6) is 0 Å². The topological polar surface area (TPSA) is 15.3 Å². The molecule has 0 aliphatic carbocycles. The summed E-state index contributed by atoms with van der Waals surface area (Å²) in [6.07, 6.45) is 4.23. The van der Waals surface area contributed by atoms with E-state index in [1.54, 1.807) is 0 Å². The van der Waals surface area contributed by atoms with Gasteiger partial charge >= 0.3 is 0 Å². The van der Waals surface area contributed by atoms with Gasteiger partial charge in [-0.05, 0) is 38.4 Å². The van der Waals surface area contributed by atoms with E-state index in [1.807, 2.05) is 0 Å². The Kier molecular flexibility index (Phi) is 5.49. The van der Waals surface area contributed by atoms with Crippen molar-refractivity contribution >= 4 is 0 Å². The molecular weight excluding hydrogens is 172 g/mol. The van der Waals surface area contributed by atoms with Crippen molar-refractivity contribution in [1.29, 1.82) is 0 Å². The summed E-state index contributed by atoms with van der Waals surface area (Å²) in [6, 6.07) is 0.746. The smallest absolute Gasteiger partial charge is 0.0243 e. The van der Waals surface area contributed by atoms with Crippen molar-refractivity contribution in [2.24, 2.45) is 5.92 Å². The van der Waals surface area contributed by atoms with E-state index in [-0.39, 0.29) is 0 Å². The maximum Gasteiger partial charge on any atom is 0.0243 e. The molecule has 1 fully saturated rings. The van der Waals surface area contributed by atoms with Gasteiger partial charge < -0.3 is 5.32 Å². The lowest BCUT2D eigenvalue weighted by atomic mass is 9.99. The minimum atomic E-state index is 0.746. The van der Waals surface area contributed by atoms with Crippen molar-refractivity contribution in [2.45, 2.75) is 46.1 Å². The van der Waals surface area contributed by atoms with E-state index < -0.39 is 0 Å². The van der Waals surface area contributed by atoms with Crippen LogP contribution in [0.4, 0.5) is 0 Å². The van der Waals surface area contributed by atoms with E-state index in [4.69, 9.17) is 0 Å². The van der Waals surface area contributed by atoms with Crippen molar-refractivity contribution in [3.05, 3.63) is 0 Å². The summed E-state index contributed by atoms with van der Waals surface area (Å²) in [5.41, 5.74) is 0. The van der Waals surface area contributed by atoms with E-state index >= 15 is 0 Å². The van der Waals surface area contributed by atoms with Gasteiger partial charge in [-0.2, -0.15) is 0 Å². The zero-order valence-corrected chi connectivity index (χ0v) is 10.1. The van der Waals surface area contributed by atoms with Gasteiger partial charge in [0.2, 0.25) is 0 Å². The van der Waals surface area contributed by atoms with Gasteiger partial charge in [-0.25, -0.2) is 0 Å². The molecule has 0 bridgehead atoms. The molecule has 1 aliphatic rings. The van der Waals surface area contributed by atoms with Crippen LogP contribution in [0.25, 0.3) is 0 Å². The van der Waals surface area contributed by atoms with E-state index in [9.17, 15) is 0 Å². The van der Waals surface area contributed by atoms with E-state index in [2.05, 4.69) is 31.0 Å². The molecule has 2 heteroatoms. The number of likely N-dealkylation sites (tertiary alicyclic amines) is 1. The molecule has 1 rings (SSSR count). The maximum absolute atomic E-state index is 3.49. The first kappa shape index (κ1) is 12.0. The summed E-state index contributed by atoms with van der Waals surface area (Å²) in [7, 11) is 0. The molecule has 0 spiro atoms. The Morgan fingerprint density at radius 1 is 1.14 bits per heavy atom. The van der Waals surface area contributed by atoms with E-state index in [0.29, 0.717) is 0 Å². The van der Waals surface area contributed by atoms with Crippen LogP contribution < -0.4 is 5.32 Å². The third kappa shape index (κ3) is 3.58. The Hall–Kier alpha value is -0.0800. The molecule has 2 nitrogen and oxygen atoms in total. The predicted molar refractivity (Wildman–Crippen MR) is 62.6 cm³/mol. The van der Waals surface area contributed by atoms with Gasteiger partial charge in [-0.15, -0.1) is 0 Å². The molecule has 0 saturated carbocycles. The SMILES string of the molecule is CCNCC(C(C)C)N1CCCCC1. The summed E-state index contributed by atoms with van der Waals surface area (Å²) in [5.74, 6) is 0.771. The molecule has 14 heavy (non-hydrogen) atoms. The maximum atomic E-state index is 3.49. The molecule has 1 aliphatic heterocycles. The molecule has 1 N–H and O–H groups in total. The van der Waals surface area contributed by atoms with Gasteiger partial charge in [-0.3, -0.25) is 4.90 Å². The summed E-state index contributed by atoms with van der Waals surface area (Å²) in [4.78, 5) is 2.68. The Morgan fingerprint density at radius 2 is 1.79 bits per heavy atom. The zero-order chi connectivity index (χ0) is 10.4. The lowest BCUT2D eigenvalue weighted by Crippen LogP contribution is -2.47. The van der Waals surface area contributed by atoms with Crippen LogP contribution in [0, 0.1) is 5.92 Å². The number of nitrogens with one attached hydrogen (secondary N) is 1. The Bertz CT molecular complexity index is 139. The van der Waals surface area contributed by atoms with E-state index in [0.717, 1.165) is 25.0 Å². The summed E-state index contributed by atoms with van der Waals surface area (Å²) in [6.45, 7) is 11.8. The van der Waals surface area contributed by atoms with Gasteiger partial charge in [0.05, 0.1) is 0 Å². The minimum Gasteiger partial charge on any atom is -0.315 e. The average molecular weight is 198 g/mol. The molecule has 0 radical (unpaired) electrons. The normalized spacial score (nSPS) is 21.4. The standard InChI is InChI=1S/C12H26N2/c1-4-13-10-12(11(2)3)14-8-6-5-7-9-14/h11-13H,4-10H2,1-3H3. The Morgan fingerprint density at radius 3 is 2.29 bits per heavy atom. The molecule has 1 saturated heterocycles. The molecule has 84 valence electrons. The largest absolute Gasteiger partial charge is 0.315 e. The number of nitrogens with zero attached hydrogens (tertiary/aromatic N) is 1. The molecule has 1 heterocycles. The first-order chi connectivity index (χ1) is 6.75. The Balaban J connectivity index is 2.39. The number of likely N-dealkylation sites (N-methyl/N-ethyl adjacent to an activating group) is 1. The van der Waals surface area contributed by atoms with Crippen LogP contribution in [0.15, 0.2) is 0 Å². The van der Waals surface area contributed by atoms with Crippen molar-refractivity contribution in [2.75, 3.05) is 26.2 Å². The molecule has 1 atom stereocenters. The molecule has 0 aromatic carbocycles. The first-order valence-electron chi connectivity index (χ1n) is 6.20. The van der Waals surface area contributed by atoms with Gasteiger partial charge in [0, 0.05) is 12.6 Å². The second kappa shape index (κ2) is 6.41. The highest BCUT2D eigenvalue weighted by atomic mass is 15.2. The lowest BCUT2D eigenvalue weighted by Gasteiger charge is -2.37. The number of rotatable bonds is 5. The summed E-state index contributed by atoms with van der Waals surface area (Å²) >= 11 is 0. The number of hydrogen-bond acceptors (Lipinski definition) is 2. The van der Waals surface area contributed by atoms with Crippen molar-refractivity contribution in [3.8, 4) is 0 Å². The van der Waals surface area contributed by atoms with Gasteiger partial charge in [0.25, 0.3) is 0 Å². The molecule has 0 aromatic heterocycles. The fourth-order valence-electron chi connectivity index (χ4n) is 2.33. The van der Waals surface area contributed by atoms with Crippen LogP contribution >= 0.6 is 0 Å². The van der Waals surface area contributed by atoms with Gasteiger partial charge in [-0.1, -0.05) is 27.2 Å². The average Bonchev–Trinajstić information content (AvgIpc) is 2.19. The highest BCUT2D eigenvalue weighted by Gasteiger charge is 2.22. The first-order valence-corrected chi connectivity index (χ1v) is 6.20. The van der Waals surface area contributed by atoms with Crippen molar-refractivity contribution in [3.63, 3.8) is 0 Å². The highest BCUT2D eigenvalue weighted by Crippen LogP contribution is 2.16. The lowest BCUT2D eigenvalue weighted by molar-refractivity contribution is 0.126. The zero-order valence-electron chi connectivity index (χ0n) is 10.1. The fourth-order valence-corrected chi connectivity index (χ4v) is 2.33. The monoisotopic (exact) mass is 198 g/mol. The molecule has 1 unspecified atom stereocenters. The second-order valence-corrected chi connectivity index (χ2v) is 4.72. The predicted octanol–water partition coefficient (Wildman–Crippen LogP) is 2.11. The second-order valence-electron chi connectivity index (χ2n) is 4.72. The third-order valence-electron chi connectivity index (χ3n) is 3.23. The fraction of sp³-hybridized carbons (Fsp3) is 1.00. The Labute approximate surface area is 89.1 Å². The van der Waals surface area contributed by atoms with Gasteiger partial charge in [0.1, 0.15) is 0 Å². The van der Waals surface area contributed by atoms with Crippen LogP contribution in [-0.4, -0.2) is 37.1 Å². The quantitative estimate of drug-likeness (QED) is 0.728. The van der Waals surface area contributed by atoms with Crippen molar-refractivity contribution in [1.82, 2.24) is 10.2 Å². The van der Waals surface area contributed by atoms with Crippen LogP contribution in [-0.2, 0) is 0 Å². The van der Waals surface area contributed by atoms with Crippen LogP contribution in [0.1, 0.15) is 40.0 Å². The summed E-state index contributed by atoms with van der Waals surface area (Å²) in [5, 5.41) is 3.49. The van der Waals surface area contributed by atoms with Crippen LogP contribution in [0.3, 0.4) is 0 Å². The highest BCUT2D eigenvalue weighted by molar-refractivity contribution is 4.79. The molecule has 0 aromatic rings. The van der Waals surface area contributed by atoms with Crippen LogP contribution in [0.2, 0.25) is 0 Å². The third-order valence-corrected chi connectivity index (χ3v) is 3.23. The number of piperidine rings is 1. The van der Waals surface area contributed by atoms with Crippen molar-refractivity contribution < 1.29 is 0 Å².